The monoisotopic (exact) mass is 274 g/mol. The molecule has 0 aromatic carbocycles. The predicted molar refractivity (Wildman–Crippen MR) is 83.0 cm³/mol. The first-order valence-corrected chi connectivity index (χ1v) is 7.82. The minimum Gasteiger partial charge on any atom is -0.357 e. The molecule has 0 radical (unpaired) electrons. The zero-order chi connectivity index (χ0) is 13.9. The van der Waals surface area contributed by atoms with Crippen molar-refractivity contribution in [2.45, 2.75) is 44.3 Å². The highest BCUT2D eigenvalue weighted by Gasteiger charge is 2.22. The Bertz CT molecular complexity index is 417. The number of hydrogen-bond donors (Lipinski definition) is 1. The van der Waals surface area contributed by atoms with Gasteiger partial charge in [0.1, 0.15) is 5.82 Å². The number of piperidine rings is 1. The molecule has 1 aromatic heterocycles. The quantitative estimate of drug-likeness (QED) is 0.888. The predicted octanol–water partition coefficient (Wildman–Crippen LogP) is 1.86. The van der Waals surface area contributed by atoms with Gasteiger partial charge in [0.25, 0.3) is 0 Å². The van der Waals surface area contributed by atoms with E-state index in [9.17, 15) is 0 Å². The largest absolute Gasteiger partial charge is 0.357 e. The molecule has 1 aromatic rings. The molecular formula is C16H26N4. The number of nitrogens with one attached hydrogen (secondary N) is 1. The van der Waals surface area contributed by atoms with Crippen molar-refractivity contribution in [3.05, 3.63) is 23.9 Å². The molecule has 0 amide bonds. The molecule has 4 nitrogen and oxygen atoms in total. The van der Waals surface area contributed by atoms with Crippen LogP contribution in [-0.2, 0) is 6.54 Å². The molecule has 3 rings (SSSR count). The second kappa shape index (κ2) is 6.10. The molecule has 1 saturated heterocycles. The van der Waals surface area contributed by atoms with E-state index in [2.05, 4.69) is 46.3 Å². The molecule has 4 heteroatoms. The minimum absolute atomic E-state index is 0.730. The van der Waals surface area contributed by atoms with Crippen LogP contribution < -0.4 is 10.2 Å². The van der Waals surface area contributed by atoms with Gasteiger partial charge in [-0.1, -0.05) is 6.07 Å². The van der Waals surface area contributed by atoms with Crippen LogP contribution in [0.3, 0.4) is 0 Å². The van der Waals surface area contributed by atoms with E-state index < -0.39 is 0 Å². The molecule has 20 heavy (non-hydrogen) atoms. The van der Waals surface area contributed by atoms with E-state index in [1.807, 2.05) is 6.20 Å². The maximum Gasteiger partial charge on any atom is 0.128 e. The SMILES string of the molecule is CN(C)C1CCN(c2ccc(CNC3CC3)cn2)CC1. The van der Waals surface area contributed by atoms with Crippen molar-refractivity contribution in [1.29, 1.82) is 0 Å². The van der Waals surface area contributed by atoms with Gasteiger partial charge in [0.2, 0.25) is 0 Å². The average Bonchev–Trinajstić information content (AvgIpc) is 3.30. The molecule has 0 bridgehead atoms. The number of aromatic nitrogens is 1. The number of rotatable bonds is 5. The van der Waals surface area contributed by atoms with Crippen molar-refractivity contribution >= 4 is 5.82 Å². The lowest BCUT2D eigenvalue weighted by Crippen LogP contribution is -2.42. The zero-order valence-corrected chi connectivity index (χ0v) is 12.7. The van der Waals surface area contributed by atoms with Crippen LogP contribution in [0.25, 0.3) is 0 Å². The standard InChI is InChI=1S/C16H26N4/c1-19(2)15-7-9-20(10-8-15)16-6-3-13(12-18-16)11-17-14-4-5-14/h3,6,12,14-15,17H,4-5,7-11H2,1-2H3. The molecule has 0 atom stereocenters. The second-order valence-corrected chi connectivity index (χ2v) is 6.36. The summed E-state index contributed by atoms with van der Waals surface area (Å²) < 4.78 is 0. The number of pyridine rings is 1. The van der Waals surface area contributed by atoms with Crippen LogP contribution >= 0.6 is 0 Å². The number of hydrogen-bond acceptors (Lipinski definition) is 4. The van der Waals surface area contributed by atoms with Crippen LogP contribution in [0, 0.1) is 0 Å². The van der Waals surface area contributed by atoms with Crippen LogP contribution in [-0.4, -0.2) is 49.2 Å². The highest BCUT2D eigenvalue weighted by atomic mass is 15.2. The maximum atomic E-state index is 4.64. The first kappa shape index (κ1) is 13.8. The van der Waals surface area contributed by atoms with Crippen LogP contribution in [0.5, 0.6) is 0 Å². The lowest BCUT2D eigenvalue weighted by atomic mass is 10.0. The van der Waals surface area contributed by atoms with Gasteiger partial charge in [-0.15, -0.1) is 0 Å². The molecule has 1 aliphatic heterocycles. The fourth-order valence-electron chi connectivity index (χ4n) is 2.87. The van der Waals surface area contributed by atoms with Gasteiger partial charge in [-0.2, -0.15) is 0 Å². The summed E-state index contributed by atoms with van der Waals surface area (Å²) in [5, 5.41) is 3.53. The van der Waals surface area contributed by atoms with Gasteiger partial charge in [0, 0.05) is 37.9 Å². The minimum atomic E-state index is 0.730. The van der Waals surface area contributed by atoms with Crippen LogP contribution in [0.1, 0.15) is 31.2 Å². The molecule has 2 fully saturated rings. The molecule has 1 aliphatic carbocycles. The first-order valence-electron chi connectivity index (χ1n) is 7.82. The summed E-state index contributed by atoms with van der Waals surface area (Å²) in [4.78, 5) is 9.40. The summed E-state index contributed by atoms with van der Waals surface area (Å²) in [5.74, 6) is 1.14. The summed E-state index contributed by atoms with van der Waals surface area (Å²) >= 11 is 0. The van der Waals surface area contributed by atoms with Gasteiger partial charge < -0.3 is 15.1 Å². The van der Waals surface area contributed by atoms with Crippen LogP contribution in [0.2, 0.25) is 0 Å². The maximum absolute atomic E-state index is 4.64. The van der Waals surface area contributed by atoms with Gasteiger partial charge in [0.05, 0.1) is 0 Å². The Morgan fingerprint density at radius 2 is 1.95 bits per heavy atom. The lowest BCUT2D eigenvalue weighted by Gasteiger charge is -2.35. The third-order valence-electron chi connectivity index (χ3n) is 4.50. The van der Waals surface area contributed by atoms with Crippen LogP contribution in [0.4, 0.5) is 5.82 Å². The number of anilines is 1. The lowest BCUT2D eigenvalue weighted by molar-refractivity contribution is 0.249. The number of nitrogens with zero attached hydrogens (tertiary/aromatic N) is 3. The van der Waals surface area contributed by atoms with Crippen molar-refractivity contribution in [3.63, 3.8) is 0 Å². The molecule has 2 heterocycles. The summed E-state index contributed by atoms with van der Waals surface area (Å²) in [6.07, 6.45) is 7.18. The molecule has 0 unspecified atom stereocenters. The molecular weight excluding hydrogens is 248 g/mol. The normalized spacial score (nSPS) is 20.6. The second-order valence-electron chi connectivity index (χ2n) is 6.36. The van der Waals surface area contributed by atoms with E-state index in [0.717, 1.165) is 37.5 Å². The average molecular weight is 274 g/mol. The van der Waals surface area contributed by atoms with Crippen molar-refractivity contribution < 1.29 is 0 Å². The van der Waals surface area contributed by atoms with Crippen LogP contribution in [0.15, 0.2) is 18.3 Å². The Kier molecular flexibility index (Phi) is 4.22. The smallest absolute Gasteiger partial charge is 0.128 e. The van der Waals surface area contributed by atoms with Crippen molar-refractivity contribution in [2.24, 2.45) is 0 Å². The summed E-state index contributed by atoms with van der Waals surface area (Å²) in [5.41, 5.74) is 1.30. The molecule has 110 valence electrons. The van der Waals surface area contributed by atoms with Gasteiger partial charge in [-0.3, -0.25) is 0 Å². The van der Waals surface area contributed by atoms with E-state index in [1.54, 1.807) is 0 Å². The molecule has 2 aliphatic rings. The fourth-order valence-corrected chi connectivity index (χ4v) is 2.87. The first-order chi connectivity index (χ1) is 9.72. The van der Waals surface area contributed by atoms with Crippen molar-refractivity contribution in [3.8, 4) is 0 Å². The summed E-state index contributed by atoms with van der Waals surface area (Å²) in [7, 11) is 4.36. The molecule has 1 N–H and O–H groups in total. The third kappa shape index (κ3) is 3.49. The van der Waals surface area contributed by atoms with Gasteiger partial charge >= 0.3 is 0 Å². The van der Waals surface area contributed by atoms with E-state index in [-0.39, 0.29) is 0 Å². The third-order valence-corrected chi connectivity index (χ3v) is 4.50. The Balaban J connectivity index is 1.52. The van der Waals surface area contributed by atoms with E-state index >= 15 is 0 Å². The highest BCUT2D eigenvalue weighted by Crippen LogP contribution is 2.21. The Labute approximate surface area is 122 Å². The van der Waals surface area contributed by atoms with Crippen molar-refractivity contribution in [2.75, 3.05) is 32.1 Å². The molecule has 1 saturated carbocycles. The Hall–Kier alpha value is -1.13. The van der Waals surface area contributed by atoms with Crippen molar-refractivity contribution in [1.82, 2.24) is 15.2 Å². The summed E-state index contributed by atoms with van der Waals surface area (Å²) in [6.45, 7) is 3.20. The Morgan fingerprint density at radius 1 is 1.20 bits per heavy atom. The van der Waals surface area contributed by atoms with Gasteiger partial charge in [0.15, 0.2) is 0 Å². The zero-order valence-electron chi connectivity index (χ0n) is 12.7. The Morgan fingerprint density at radius 3 is 2.50 bits per heavy atom. The fraction of sp³-hybridized carbons (Fsp3) is 0.688. The topological polar surface area (TPSA) is 31.4 Å². The molecule has 0 spiro atoms. The van der Waals surface area contributed by atoms with E-state index in [4.69, 9.17) is 0 Å². The van der Waals surface area contributed by atoms with E-state index in [0.29, 0.717) is 0 Å². The highest BCUT2D eigenvalue weighted by molar-refractivity contribution is 5.39. The van der Waals surface area contributed by atoms with E-state index in [1.165, 1.54) is 31.2 Å². The van der Waals surface area contributed by atoms with Gasteiger partial charge in [-0.05, 0) is 51.4 Å². The van der Waals surface area contributed by atoms with Gasteiger partial charge in [-0.25, -0.2) is 4.98 Å². The summed E-state index contributed by atoms with van der Waals surface area (Å²) in [6, 6.07) is 5.89.